The summed E-state index contributed by atoms with van der Waals surface area (Å²) in [6.45, 7) is 6.54. The average Bonchev–Trinajstić information content (AvgIpc) is 2.60. The van der Waals surface area contributed by atoms with Crippen LogP contribution in [-0.4, -0.2) is 52.9 Å². The van der Waals surface area contributed by atoms with Crippen LogP contribution in [-0.2, 0) is 4.74 Å². The lowest BCUT2D eigenvalue weighted by atomic mass is 10.0. The Morgan fingerprint density at radius 1 is 1.39 bits per heavy atom. The van der Waals surface area contributed by atoms with Crippen molar-refractivity contribution in [3.63, 3.8) is 0 Å². The van der Waals surface area contributed by atoms with Crippen molar-refractivity contribution in [3.05, 3.63) is 27.6 Å². The lowest BCUT2D eigenvalue weighted by molar-refractivity contribution is -0.641. The number of halogens is 2. The van der Waals surface area contributed by atoms with Crippen molar-refractivity contribution >= 4 is 39.0 Å². The van der Waals surface area contributed by atoms with Gasteiger partial charge in [-0.15, -0.1) is 0 Å². The number of anilines is 1. The molecule has 28 heavy (non-hydrogen) atoms. The number of nitrogens with zero attached hydrogens (tertiary/aromatic N) is 5. The van der Waals surface area contributed by atoms with Gasteiger partial charge in [0.2, 0.25) is 0 Å². The van der Waals surface area contributed by atoms with Crippen LogP contribution in [0.4, 0.5) is 15.1 Å². The molecule has 0 unspecified atom stereocenters. The minimum atomic E-state index is -0.592. The number of likely N-dealkylation sites (tertiary alicyclic amines) is 1. The van der Waals surface area contributed by atoms with E-state index >= 15 is 0 Å². The maximum Gasteiger partial charge on any atom is 0.410 e. The Morgan fingerprint density at radius 3 is 2.64 bits per heavy atom. The van der Waals surface area contributed by atoms with Gasteiger partial charge in [-0.05, 0) is 44.5 Å². The first-order chi connectivity index (χ1) is 13.0. The van der Waals surface area contributed by atoms with E-state index in [0.29, 0.717) is 35.2 Å². The van der Waals surface area contributed by atoms with Crippen LogP contribution in [0.3, 0.4) is 0 Å². The van der Waals surface area contributed by atoms with Crippen molar-refractivity contribution < 1.29 is 18.8 Å². The van der Waals surface area contributed by atoms with Crippen molar-refractivity contribution in [2.24, 2.45) is 0 Å². The Hall–Kier alpha value is -2.23. The van der Waals surface area contributed by atoms with E-state index in [-0.39, 0.29) is 29.1 Å². The maximum absolute atomic E-state index is 14.2. The van der Waals surface area contributed by atoms with Crippen molar-refractivity contribution in [2.45, 2.75) is 45.3 Å². The summed E-state index contributed by atoms with van der Waals surface area (Å²) >= 11 is 3.16. The van der Waals surface area contributed by atoms with Gasteiger partial charge in [0.1, 0.15) is 5.60 Å². The molecule has 2 heterocycles. The van der Waals surface area contributed by atoms with Gasteiger partial charge in [-0.2, -0.15) is 4.98 Å². The van der Waals surface area contributed by atoms with Gasteiger partial charge in [0, 0.05) is 36.7 Å². The zero-order chi connectivity index (χ0) is 20.6. The molecule has 1 saturated heterocycles. The van der Waals surface area contributed by atoms with Gasteiger partial charge < -0.3 is 19.7 Å². The van der Waals surface area contributed by atoms with Crippen LogP contribution in [0, 0.1) is 11.0 Å². The van der Waals surface area contributed by atoms with Crippen molar-refractivity contribution in [2.75, 3.05) is 25.0 Å². The number of hydrogen-bond donors (Lipinski definition) is 0. The number of ether oxygens (including phenoxy) is 1. The third-order valence-corrected chi connectivity index (χ3v) is 5.04. The van der Waals surface area contributed by atoms with E-state index in [1.165, 1.54) is 12.1 Å². The highest BCUT2D eigenvalue weighted by Gasteiger charge is 2.30. The summed E-state index contributed by atoms with van der Waals surface area (Å²) in [4.78, 5) is 20.3. The zero-order valence-corrected chi connectivity index (χ0v) is 17.9. The van der Waals surface area contributed by atoms with E-state index in [2.05, 4.69) is 26.0 Å². The molecule has 0 aliphatic carbocycles. The summed E-state index contributed by atoms with van der Waals surface area (Å²) in [5, 5.41) is 16.2. The quantitative estimate of drug-likeness (QED) is 0.510. The normalized spacial score (nSPS) is 15.7. The second-order valence-corrected chi connectivity index (χ2v) is 8.77. The number of aromatic nitrogens is 3. The predicted octanol–water partition coefficient (Wildman–Crippen LogP) is 3.00. The number of fused-ring (bicyclic) bond motifs is 1. The molecular formula is C18H23BrFN5O3. The van der Waals surface area contributed by atoms with Gasteiger partial charge in [0.15, 0.2) is 11.3 Å². The average molecular weight is 456 g/mol. The Morgan fingerprint density at radius 2 is 2.04 bits per heavy atom. The van der Waals surface area contributed by atoms with Gasteiger partial charge in [-0.3, -0.25) is 0 Å². The molecule has 1 aromatic heterocycles. The summed E-state index contributed by atoms with van der Waals surface area (Å²) in [7, 11) is 1.77. The second-order valence-electron chi connectivity index (χ2n) is 7.85. The van der Waals surface area contributed by atoms with E-state index in [4.69, 9.17) is 4.74 Å². The summed E-state index contributed by atoms with van der Waals surface area (Å²) in [5.41, 5.74) is -0.505. The van der Waals surface area contributed by atoms with Crippen molar-refractivity contribution in [1.82, 2.24) is 15.0 Å². The highest BCUT2D eigenvalue weighted by molar-refractivity contribution is 9.10. The fourth-order valence-corrected chi connectivity index (χ4v) is 3.56. The Bertz CT molecular complexity index is 897. The first-order valence-electron chi connectivity index (χ1n) is 9.02. The molecule has 1 fully saturated rings. The first-order valence-corrected chi connectivity index (χ1v) is 9.82. The van der Waals surface area contributed by atoms with Gasteiger partial charge in [0.25, 0.3) is 11.5 Å². The Balaban J connectivity index is 1.73. The van der Waals surface area contributed by atoms with Crippen LogP contribution in [0.2, 0.25) is 0 Å². The lowest BCUT2D eigenvalue weighted by Gasteiger charge is -2.36. The highest BCUT2D eigenvalue weighted by atomic mass is 79.9. The highest BCUT2D eigenvalue weighted by Crippen LogP contribution is 2.24. The van der Waals surface area contributed by atoms with Crippen LogP contribution in [0.1, 0.15) is 33.6 Å². The number of amides is 1. The summed E-state index contributed by atoms with van der Waals surface area (Å²) < 4.78 is 20.1. The van der Waals surface area contributed by atoms with Gasteiger partial charge >= 0.3 is 6.09 Å². The smallest absolute Gasteiger partial charge is 0.410 e. The van der Waals surface area contributed by atoms with Gasteiger partial charge in [-0.1, -0.05) is 15.9 Å². The standard InChI is InChI=1S/C18H23BrFN5O3/c1-18(2,3)28-17(26)24-7-5-12(6-8-24)23(4)16-21-15-13(20)9-11(19)10-14(15)25(27)22-16/h9-10,12H,5-8H2,1-4H3. The molecule has 0 saturated carbocycles. The summed E-state index contributed by atoms with van der Waals surface area (Å²) in [5.74, 6) is -0.440. The molecule has 1 aliphatic heterocycles. The van der Waals surface area contributed by atoms with Gasteiger partial charge in [0.05, 0.1) is 5.10 Å². The summed E-state index contributed by atoms with van der Waals surface area (Å²) in [6, 6.07) is 2.77. The fraction of sp³-hybridized carbons (Fsp3) is 0.556. The van der Waals surface area contributed by atoms with Crippen LogP contribution in [0.15, 0.2) is 16.6 Å². The molecule has 3 rings (SSSR count). The van der Waals surface area contributed by atoms with E-state index in [9.17, 15) is 14.4 Å². The molecule has 0 N–H and O–H groups in total. The molecule has 1 amide bonds. The predicted molar refractivity (Wildman–Crippen MR) is 105 cm³/mol. The maximum atomic E-state index is 14.2. The van der Waals surface area contributed by atoms with Gasteiger partial charge in [-0.25, -0.2) is 9.18 Å². The monoisotopic (exact) mass is 455 g/mol. The van der Waals surface area contributed by atoms with Crippen molar-refractivity contribution in [3.8, 4) is 0 Å². The molecule has 1 aliphatic rings. The van der Waals surface area contributed by atoms with Crippen LogP contribution in [0.5, 0.6) is 0 Å². The number of carbonyl (C=O) groups is 1. The molecular weight excluding hydrogens is 433 g/mol. The largest absolute Gasteiger partial charge is 0.594 e. The van der Waals surface area contributed by atoms with E-state index < -0.39 is 11.4 Å². The minimum Gasteiger partial charge on any atom is -0.594 e. The number of hydrogen-bond acceptors (Lipinski definition) is 6. The SMILES string of the molecule is CN(c1nc2c(F)cc(Br)cc2[n+]([O-])n1)C1CCN(C(=O)OC(C)(C)C)CC1. The molecule has 0 spiro atoms. The zero-order valence-electron chi connectivity index (χ0n) is 16.3. The van der Waals surface area contributed by atoms with E-state index in [0.717, 1.165) is 0 Å². The van der Waals surface area contributed by atoms with Crippen LogP contribution < -0.4 is 9.75 Å². The molecule has 1 aromatic carbocycles. The number of carbonyl (C=O) groups excluding carboxylic acids is 1. The van der Waals surface area contributed by atoms with E-state index in [1.807, 2.05) is 20.8 Å². The molecule has 8 nitrogen and oxygen atoms in total. The number of benzene rings is 1. The third kappa shape index (κ3) is 4.43. The lowest BCUT2D eigenvalue weighted by Crippen LogP contribution is -2.48. The number of piperidine rings is 1. The minimum absolute atomic E-state index is 0.0228. The molecule has 0 bridgehead atoms. The van der Waals surface area contributed by atoms with Crippen LogP contribution >= 0.6 is 15.9 Å². The number of rotatable bonds is 2. The third-order valence-electron chi connectivity index (χ3n) is 4.59. The molecule has 152 valence electrons. The fourth-order valence-electron chi connectivity index (χ4n) is 3.14. The molecule has 0 radical (unpaired) electrons. The molecule has 10 heteroatoms. The molecule has 2 aromatic rings. The van der Waals surface area contributed by atoms with E-state index in [1.54, 1.807) is 16.8 Å². The summed E-state index contributed by atoms with van der Waals surface area (Å²) in [6.07, 6.45) is 0.998. The Labute approximate surface area is 171 Å². The second kappa shape index (κ2) is 7.65. The Kier molecular flexibility index (Phi) is 5.60. The first kappa shape index (κ1) is 20.5. The molecule has 0 atom stereocenters. The van der Waals surface area contributed by atoms with Crippen molar-refractivity contribution in [1.29, 1.82) is 0 Å². The topological polar surface area (TPSA) is 85.5 Å². The van der Waals surface area contributed by atoms with Crippen LogP contribution in [0.25, 0.3) is 11.0 Å².